The van der Waals surface area contributed by atoms with Crippen LogP contribution >= 0.6 is 11.8 Å². The van der Waals surface area contributed by atoms with Crippen molar-refractivity contribution < 1.29 is 24.0 Å². The molecule has 1 aliphatic rings. The van der Waals surface area contributed by atoms with Gasteiger partial charge < -0.3 is 4.74 Å². The highest BCUT2D eigenvalue weighted by Crippen LogP contribution is 2.33. The minimum absolute atomic E-state index is 0.00176. The molecule has 1 fully saturated rings. The maximum Gasteiger partial charge on any atom is 0.337 e. The van der Waals surface area contributed by atoms with Gasteiger partial charge in [0.1, 0.15) is 0 Å². The van der Waals surface area contributed by atoms with Gasteiger partial charge in [0.15, 0.2) is 0 Å². The molecule has 1 aliphatic heterocycles. The van der Waals surface area contributed by atoms with Crippen LogP contribution in [0.4, 0.5) is 10.5 Å². The van der Waals surface area contributed by atoms with Crippen molar-refractivity contribution in [3.63, 3.8) is 0 Å². The highest BCUT2D eigenvalue weighted by molar-refractivity contribution is 8.18. The monoisotopic (exact) mass is 398 g/mol. The van der Waals surface area contributed by atoms with Gasteiger partial charge in [-0.05, 0) is 41.1 Å². The Hall–Kier alpha value is -3.46. The van der Waals surface area contributed by atoms with Crippen LogP contribution in [0.1, 0.15) is 21.5 Å². The number of ether oxygens (including phenoxy) is 1. The van der Waals surface area contributed by atoms with E-state index in [2.05, 4.69) is 4.74 Å². The zero-order chi connectivity index (χ0) is 20.3. The van der Waals surface area contributed by atoms with Crippen LogP contribution in [0, 0.1) is 10.1 Å². The number of benzene rings is 2. The van der Waals surface area contributed by atoms with Crippen molar-refractivity contribution >= 4 is 40.6 Å². The summed E-state index contributed by atoms with van der Waals surface area (Å²) in [5.74, 6) is -1.01. The number of nitro groups is 1. The number of nitro benzene ring substituents is 1. The van der Waals surface area contributed by atoms with Gasteiger partial charge in [-0.2, -0.15) is 0 Å². The van der Waals surface area contributed by atoms with E-state index in [4.69, 9.17) is 0 Å². The Kier molecular flexibility index (Phi) is 5.55. The Labute approximate surface area is 163 Å². The van der Waals surface area contributed by atoms with Crippen LogP contribution < -0.4 is 0 Å². The Balaban J connectivity index is 1.81. The number of thioether (sulfide) groups is 1. The smallest absolute Gasteiger partial charge is 0.337 e. The molecule has 28 heavy (non-hydrogen) atoms. The first kappa shape index (κ1) is 19.3. The molecule has 0 N–H and O–H groups in total. The maximum absolute atomic E-state index is 12.6. The number of imide groups is 1. The molecule has 9 heteroatoms. The average Bonchev–Trinajstić information content (AvgIpc) is 2.95. The predicted molar refractivity (Wildman–Crippen MR) is 102 cm³/mol. The number of hydrogen-bond acceptors (Lipinski definition) is 7. The number of carbonyl (C=O) groups excluding carboxylic acids is 3. The van der Waals surface area contributed by atoms with Crippen molar-refractivity contribution in [2.75, 3.05) is 7.11 Å². The number of non-ortho nitro benzene ring substituents is 1. The lowest BCUT2D eigenvalue weighted by Crippen LogP contribution is -2.27. The van der Waals surface area contributed by atoms with Crippen LogP contribution in [-0.4, -0.2) is 34.0 Å². The Morgan fingerprint density at radius 3 is 2.68 bits per heavy atom. The van der Waals surface area contributed by atoms with E-state index in [0.717, 1.165) is 16.7 Å². The molecule has 0 radical (unpaired) electrons. The van der Waals surface area contributed by atoms with Crippen LogP contribution in [0.15, 0.2) is 53.4 Å². The summed E-state index contributed by atoms with van der Waals surface area (Å²) >= 11 is 0.762. The van der Waals surface area contributed by atoms with Gasteiger partial charge in [-0.15, -0.1) is 0 Å². The molecule has 0 bridgehead atoms. The maximum atomic E-state index is 12.6. The third-order valence-electron chi connectivity index (χ3n) is 3.94. The van der Waals surface area contributed by atoms with E-state index >= 15 is 0 Å². The summed E-state index contributed by atoms with van der Waals surface area (Å²) in [5.41, 5.74) is 1.26. The molecule has 0 aromatic heterocycles. The van der Waals surface area contributed by atoms with E-state index in [1.165, 1.54) is 31.4 Å². The van der Waals surface area contributed by atoms with Gasteiger partial charge in [-0.1, -0.05) is 24.3 Å². The van der Waals surface area contributed by atoms with Gasteiger partial charge in [0, 0.05) is 12.1 Å². The first-order valence-electron chi connectivity index (χ1n) is 8.06. The zero-order valence-corrected chi connectivity index (χ0v) is 15.5. The minimum Gasteiger partial charge on any atom is -0.465 e. The van der Waals surface area contributed by atoms with E-state index in [1.54, 1.807) is 30.3 Å². The summed E-state index contributed by atoms with van der Waals surface area (Å²) < 4.78 is 4.67. The molecular formula is C19H14N2O6S. The quantitative estimate of drug-likeness (QED) is 0.328. The Bertz CT molecular complexity index is 1020. The van der Waals surface area contributed by atoms with Crippen LogP contribution in [-0.2, 0) is 16.1 Å². The largest absolute Gasteiger partial charge is 0.465 e. The molecule has 0 spiro atoms. The Morgan fingerprint density at radius 1 is 1.21 bits per heavy atom. The fourth-order valence-electron chi connectivity index (χ4n) is 2.61. The van der Waals surface area contributed by atoms with Crippen LogP contribution in [0.25, 0.3) is 6.08 Å². The van der Waals surface area contributed by atoms with Gasteiger partial charge in [-0.25, -0.2) is 4.79 Å². The van der Waals surface area contributed by atoms with Gasteiger partial charge in [-0.3, -0.25) is 24.6 Å². The SMILES string of the molecule is COC(=O)c1cccc(CN2C(=O)S/C(=C\c3cccc([N+](=O)[O-])c3)C2=O)c1. The molecule has 3 rings (SSSR count). The van der Waals surface area contributed by atoms with Crippen molar-refractivity contribution in [3.05, 3.63) is 80.2 Å². The second-order valence-electron chi connectivity index (χ2n) is 5.81. The second-order valence-corrected chi connectivity index (χ2v) is 6.81. The number of amides is 2. The van der Waals surface area contributed by atoms with E-state index in [1.807, 2.05) is 0 Å². The number of esters is 1. The standard InChI is InChI=1S/C19H14N2O6S/c1-27-18(23)14-6-2-5-13(8-14)11-20-17(22)16(28-19(20)24)10-12-4-3-7-15(9-12)21(25)26/h2-10H,11H2,1H3/b16-10-. The number of hydrogen-bond donors (Lipinski definition) is 0. The molecule has 2 aromatic rings. The van der Waals surface area contributed by atoms with Crippen molar-refractivity contribution in [1.29, 1.82) is 0 Å². The predicted octanol–water partition coefficient (Wildman–Crippen LogP) is 3.62. The zero-order valence-electron chi connectivity index (χ0n) is 14.7. The summed E-state index contributed by atoms with van der Waals surface area (Å²) in [4.78, 5) is 48.1. The molecular weight excluding hydrogens is 384 g/mol. The molecule has 0 unspecified atom stereocenters. The number of carbonyl (C=O) groups is 3. The molecule has 0 atom stereocenters. The van der Waals surface area contributed by atoms with Crippen LogP contribution in [0.2, 0.25) is 0 Å². The average molecular weight is 398 g/mol. The highest BCUT2D eigenvalue weighted by atomic mass is 32.2. The topological polar surface area (TPSA) is 107 Å². The lowest BCUT2D eigenvalue weighted by molar-refractivity contribution is -0.384. The first-order valence-corrected chi connectivity index (χ1v) is 8.88. The van der Waals surface area contributed by atoms with Crippen LogP contribution in [0.5, 0.6) is 0 Å². The fourth-order valence-corrected chi connectivity index (χ4v) is 3.45. The number of rotatable bonds is 5. The van der Waals surface area contributed by atoms with Gasteiger partial charge >= 0.3 is 5.97 Å². The molecule has 1 saturated heterocycles. The number of nitrogens with zero attached hydrogens (tertiary/aromatic N) is 2. The van der Waals surface area contributed by atoms with Crippen molar-refractivity contribution in [1.82, 2.24) is 4.90 Å². The lowest BCUT2D eigenvalue weighted by Gasteiger charge is -2.13. The van der Waals surface area contributed by atoms with Gasteiger partial charge in [0.2, 0.25) is 0 Å². The lowest BCUT2D eigenvalue weighted by atomic mass is 10.1. The third-order valence-corrected chi connectivity index (χ3v) is 4.85. The summed E-state index contributed by atoms with van der Waals surface area (Å²) in [6.45, 7) is 0.00176. The summed E-state index contributed by atoms with van der Waals surface area (Å²) in [6, 6.07) is 12.3. The molecule has 0 aliphatic carbocycles. The summed E-state index contributed by atoms with van der Waals surface area (Å²) in [6.07, 6.45) is 1.45. The third kappa shape index (κ3) is 4.09. The molecule has 142 valence electrons. The molecule has 0 saturated carbocycles. The van der Waals surface area contributed by atoms with Gasteiger partial charge in [0.05, 0.1) is 29.0 Å². The van der Waals surface area contributed by atoms with E-state index < -0.39 is 22.0 Å². The summed E-state index contributed by atoms with van der Waals surface area (Å²) in [5, 5.41) is 10.4. The van der Waals surface area contributed by atoms with Crippen LogP contribution in [0.3, 0.4) is 0 Å². The minimum atomic E-state index is -0.530. The van der Waals surface area contributed by atoms with E-state index in [0.29, 0.717) is 16.7 Å². The van der Waals surface area contributed by atoms with Crippen molar-refractivity contribution in [3.8, 4) is 0 Å². The Morgan fingerprint density at radius 2 is 1.96 bits per heavy atom. The van der Waals surface area contributed by atoms with Crippen molar-refractivity contribution in [2.45, 2.75) is 6.54 Å². The van der Waals surface area contributed by atoms with Gasteiger partial charge in [0.25, 0.3) is 16.8 Å². The highest BCUT2D eigenvalue weighted by Gasteiger charge is 2.35. The first-order chi connectivity index (χ1) is 13.4. The van der Waals surface area contributed by atoms with Crippen molar-refractivity contribution in [2.24, 2.45) is 0 Å². The molecule has 2 amide bonds. The molecule has 2 aromatic carbocycles. The number of methoxy groups -OCH3 is 1. The van der Waals surface area contributed by atoms with E-state index in [9.17, 15) is 24.5 Å². The van der Waals surface area contributed by atoms with E-state index in [-0.39, 0.29) is 17.1 Å². The second kappa shape index (κ2) is 8.05. The molecule has 8 nitrogen and oxygen atoms in total. The fraction of sp³-hybridized carbons (Fsp3) is 0.105. The summed E-state index contributed by atoms with van der Waals surface area (Å²) in [7, 11) is 1.27. The normalized spacial score (nSPS) is 15.2. The molecule has 1 heterocycles.